The fourth-order valence-corrected chi connectivity index (χ4v) is 4.17. The summed E-state index contributed by atoms with van der Waals surface area (Å²) in [6, 6.07) is 15.8. The zero-order valence-corrected chi connectivity index (χ0v) is 18.6. The highest BCUT2D eigenvalue weighted by molar-refractivity contribution is 7.92. The number of nitrogens with one attached hydrogen (secondary N) is 1. The molecule has 1 aromatic heterocycles. The summed E-state index contributed by atoms with van der Waals surface area (Å²) in [7, 11) is -4.24. The number of nitro groups is 1. The first-order chi connectivity index (χ1) is 16.7. The van der Waals surface area contributed by atoms with Gasteiger partial charge in [0.15, 0.2) is 12.4 Å². The molecule has 0 saturated carbocycles. The van der Waals surface area contributed by atoms with Gasteiger partial charge in [-0.05, 0) is 42.5 Å². The largest absolute Gasteiger partial charge is 0.452 e. The van der Waals surface area contributed by atoms with Crippen molar-refractivity contribution in [2.45, 2.75) is 11.5 Å². The molecule has 1 heterocycles. The molecule has 0 aliphatic carbocycles. The van der Waals surface area contributed by atoms with Gasteiger partial charge in [-0.1, -0.05) is 18.2 Å². The molecule has 0 saturated heterocycles. The maximum Gasteiger partial charge on any atom is 0.340 e. The number of non-ortho nitro benzene ring substituents is 1. The SMILES string of the molecule is O=C(OCc1ncc(-c2ccc(F)cc2)o1)c1ccccc1NS(=O)(=O)c1cccc([N+](=O)[O-])c1. The van der Waals surface area contributed by atoms with Crippen molar-refractivity contribution in [1.82, 2.24) is 4.98 Å². The Morgan fingerprint density at radius 3 is 2.57 bits per heavy atom. The van der Waals surface area contributed by atoms with Crippen molar-refractivity contribution >= 4 is 27.4 Å². The minimum atomic E-state index is -4.24. The third-order valence-electron chi connectivity index (χ3n) is 4.74. The number of anilines is 1. The van der Waals surface area contributed by atoms with Crippen molar-refractivity contribution < 1.29 is 31.7 Å². The Hall–Kier alpha value is -4.58. The van der Waals surface area contributed by atoms with E-state index in [1.54, 1.807) is 0 Å². The first kappa shape index (κ1) is 23.6. The summed E-state index contributed by atoms with van der Waals surface area (Å²) in [4.78, 5) is 26.6. The molecule has 0 aliphatic heterocycles. The summed E-state index contributed by atoms with van der Waals surface area (Å²) in [5.74, 6) is -0.834. The van der Waals surface area contributed by atoms with Gasteiger partial charge in [0, 0.05) is 17.7 Å². The number of ether oxygens (including phenoxy) is 1. The van der Waals surface area contributed by atoms with Crippen LogP contribution in [-0.4, -0.2) is 24.3 Å². The predicted octanol–water partition coefficient (Wildman–Crippen LogP) is 4.55. The predicted molar refractivity (Wildman–Crippen MR) is 121 cm³/mol. The molecular formula is C23H16FN3O7S. The second kappa shape index (κ2) is 9.73. The molecule has 35 heavy (non-hydrogen) atoms. The van der Waals surface area contributed by atoms with E-state index >= 15 is 0 Å². The third kappa shape index (κ3) is 5.50. The Morgan fingerprint density at radius 1 is 1.09 bits per heavy atom. The summed E-state index contributed by atoms with van der Waals surface area (Å²) in [5.41, 5.74) is 0.0131. The van der Waals surface area contributed by atoms with Crippen LogP contribution in [0.3, 0.4) is 0 Å². The van der Waals surface area contributed by atoms with E-state index in [1.165, 1.54) is 66.9 Å². The average molecular weight is 497 g/mol. The van der Waals surface area contributed by atoms with Gasteiger partial charge in [0.1, 0.15) is 5.82 Å². The van der Waals surface area contributed by atoms with Crippen molar-refractivity contribution in [3.8, 4) is 11.3 Å². The Bertz CT molecular complexity index is 1500. The Morgan fingerprint density at radius 2 is 1.83 bits per heavy atom. The van der Waals surface area contributed by atoms with Crippen LogP contribution in [0, 0.1) is 15.9 Å². The summed E-state index contributed by atoms with van der Waals surface area (Å²) in [5, 5.41) is 11.0. The number of carbonyl (C=O) groups is 1. The van der Waals surface area contributed by atoms with E-state index in [-0.39, 0.29) is 28.6 Å². The lowest BCUT2D eigenvalue weighted by Crippen LogP contribution is -2.16. The molecule has 0 atom stereocenters. The van der Waals surface area contributed by atoms with E-state index in [4.69, 9.17) is 9.15 Å². The second-order valence-corrected chi connectivity index (χ2v) is 8.79. The lowest BCUT2D eigenvalue weighted by molar-refractivity contribution is -0.385. The van der Waals surface area contributed by atoms with Crippen LogP contribution in [-0.2, 0) is 21.4 Å². The van der Waals surface area contributed by atoms with Crippen LogP contribution in [0.5, 0.6) is 0 Å². The van der Waals surface area contributed by atoms with Crippen LogP contribution in [0.2, 0.25) is 0 Å². The molecule has 4 aromatic rings. The Kier molecular flexibility index (Phi) is 6.55. The number of hydrogen-bond donors (Lipinski definition) is 1. The Labute approximate surface area is 198 Å². The second-order valence-electron chi connectivity index (χ2n) is 7.11. The van der Waals surface area contributed by atoms with E-state index < -0.39 is 32.4 Å². The van der Waals surface area contributed by atoms with Crippen LogP contribution < -0.4 is 4.72 Å². The molecule has 0 aliphatic rings. The zero-order valence-electron chi connectivity index (χ0n) is 17.8. The van der Waals surface area contributed by atoms with Crippen molar-refractivity contribution in [3.63, 3.8) is 0 Å². The Balaban J connectivity index is 1.48. The molecule has 0 unspecified atom stereocenters. The number of aromatic nitrogens is 1. The highest BCUT2D eigenvalue weighted by Crippen LogP contribution is 2.24. The maximum absolute atomic E-state index is 13.1. The normalized spacial score (nSPS) is 11.1. The fourth-order valence-electron chi connectivity index (χ4n) is 3.05. The molecule has 0 amide bonds. The summed E-state index contributed by atoms with van der Waals surface area (Å²) in [6.45, 7) is -0.341. The van der Waals surface area contributed by atoms with Crippen LogP contribution in [0.25, 0.3) is 11.3 Å². The van der Waals surface area contributed by atoms with Gasteiger partial charge in [0.2, 0.25) is 5.89 Å². The molecule has 3 aromatic carbocycles. The molecule has 12 heteroatoms. The van der Waals surface area contributed by atoms with Gasteiger partial charge in [-0.15, -0.1) is 0 Å². The van der Waals surface area contributed by atoms with Crippen molar-refractivity contribution in [3.05, 3.63) is 106 Å². The molecule has 0 radical (unpaired) electrons. The minimum Gasteiger partial charge on any atom is -0.452 e. The molecule has 1 N–H and O–H groups in total. The highest BCUT2D eigenvalue weighted by Gasteiger charge is 2.22. The maximum atomic E-state index is 13.1. The molecule has 0 fully saturated rings. The van der Waals surface area contributed by atoms with Gasteiger partial charge in [-0.2, -0.15) is 0 Å². The number of benzene rings is 3. The van der Waals surface area contributed by atoms with Gasteiger partial charge in [-0.3, -0.25) is 14.8 Å². The van der Waals surface area contributed by atoms with Crippen molar-refractivity contribution in [2.75, 3.05) is 4.72 Å². The van der Waals surface area contributed by atoms with Gasteiger partial charge in [0.25, 0.3) is 15.7 Å². The van der Waals surface area contributed by atoms with E-state index in [1.807, 2.05) is 0 Å². The first-order valence-electron chi connectivity index (χ1n) is 9.97. The van der Waals surface area contributed by atoms with Crippen molar-refractivity contribution in [2.24, 2.45) is 0 Å². The third-order valence-corrected chi connectivity index (χ3v) is 6.10. The van der Waals surface area contributed by atoms with Crippen molar-refractivity contribution in [1.29, 1.82) is 0 Å². The van der Waals surface area contributed by atoms with E-state index in [0.717, 1.165) is 12.1 Å². The first-order valence-corrected chi connectivity index (χ1v) is 11.5. The molecule has 4 rings (SSSR count). The lowest BCUT2D eigenvalue weighted by atomic mass is 10.2. The number of nitro benzene ring substituents is 1. The number of halogens is 1. The standard InChI is InChI=1S/C23H16FN3O7S/c24-16-10-8-15(9-11-16)21-13-25-22(34-21)14-33-23(28)19-6-1-2-7-20(19)26-35(31,32)18-5-3-4-17(12-18)27(29)30/h1-13,26H,14H2. The number of para-hydroxylation sites is 1. The van der Waals surface area contributed by atoms with Crippen LogP contribution in [0.15, 0.2) is 88.3 Å². The van der Waals surface area contributed by atoms with E-state index in [0.29, 0.717) is 11.3 Å². The van der Waals surface area contributed by atoms with Crippen LogP contribution in [0.1, 0.15) is 16.2 Å². The molecule has 0 bridgehead atoms. The highest BCUT2D eigenvalue weighted by atomic mass is 32.2. The van der Waals surface area contributed by atoms with Gasteiger partial charge >= 0.3 is 5.97 Å². The van der Waals surface area contributed by atoms with Gasteiger partial charge < -0.3 is 9.15 Å². The number of nitrogens with zero attached hydrogens (tertiary/aromatic N) is 2. The summed E-state index contributed by atoms with van der Waals surface area (Å²) in [6.07, 6.45) is 1.40. The van der Waals surface area contributed by atoms with Gasteiger partial charge in [0.05, 0.1) is 27.3 Å². The molecule has 10 nitrogen and oxygen atoms in total. The van der Waals surface area contributed by atoms with E-state index in [9.17, 15) is 27.7 Å². The number of hydrogen-bond acceptors (Lipinski definition) is 8. The number of esters is 1. The topological polar surface area (TPSA) is 142 Å². The number of rotatable bonds is 8. The molecule has 0 spiro atoms. The summed E-state index contributed by atoms with van der Waals surface area (Å²) >= 11 is 0. The number of carbonyl (C=O) groups excluding carboxylic acids is 1. The smallest absolute Gasteiger partial charge is 0.340 e. The number of oxazole rings is 1. The summed E-state index contributed by atoms with van der Waals surface area (Å²) < 4.78 is 51.6. The zero-order chi connectivity index (χ0) is 25.0. The van der Waals surface area contributed by atoms with E-state index in [2.05, 4.69) is 9.71 Å². The van der Waals surface area contributed by atoms with Crippen LogP contribution >= 0.6 is 0 Å². The quantitative estimate of drug-likeness (QED) is 0.212. The fraction of sp³-hybridized carbons (Fsp3) is 0.0435. The van der Waals surface area contributed by atoms with Crippen LogP contribution in [0.4, 0.5) is 15.8 Å². The average Bonchev–Trinajstić information content (AvgIpc) is 3.32. The minimum absolute atomic E-state index is 0.0762. The van der Waals surface area contributed by atoms with Gasteiger partial charge in [-0.25, -0.2) is 22.6 Å². The molecule has 178 valence electrons. The monoisotopic (exact) mass is 497 g/mol. The lowest BCUT2D eigenvalue weighted by Gasteiger charge is -2.12. The molecular weight excluding hydrogens is 481 g/mol. The number of sulfonamides is 1.